The molecule has 0 aliphatic rings. The first-order valence-corrected chi connectivity index (χ1v) is 18.7. The van der Waals surface area contributed by atoms with Crippen LogP contribution in [0.1, 0.15) is 67.1 Å². The molecule has 4 N–H and O–H groups in total. The molecule has 0 fully saturated rings. The van der Waals surface area contributed by atoms with Gasteiger partial charge in [-0.1, -0.05) is 65.7 Å². The summed E-state index contributed by atoms with van der Waals surface area (Å²) in [5, 5.41) is 7.11. The van der Waals surface area contributed by atoms with Crippen molar-refractivity contribution in [3.63, 3.8) is 0 Å². The SMILES string of the molecule is Cc1cc(C)c(Nc2ccc(C(c3ccc(Nc4c(C)cc(C)cc4C)c(C)c3)c3ccc(S(=O)(=O)O)cc3S(=O)(=O)O)cc2C)c(C)c1. The Labute approximate surface area is 289 Å². The van der Waals surface area contributed by atoms with E-state index in [0.717, 1.165) is 79.4 Å². The van der Waals surface area contributed by atoms with Crippen LogP contribution in [-0.4, -0.2) is 25.9 Å². The van der Waals surface area contributed by atoms with E-state index in [2.05, 4.69) is 76.4 Å². The van der Waals surface area contributed by atoms with E-state index in [-0.39, 0.29) is 5.56 Å². The summed E-state index contributed by atoms with van der Waals surface area (Å²) in [6.45, 7) is 16.2. The van der Waals surface area contributed by atoms with Crippen LogP contribution in [0.2, 0.25) is 0 Å². The van der Waals surface area contributed by atoms with Gasteiger partial charge in [-0.2, -0.15) is 16.8 Å². The molecule has 0 radical (unpaired) electrons. The molecule has 0 aromatic heterocycles. The second-order valence-electron chi connectivity index (χ2n) is 13.0. The zero-order valence-corrected chi connectivity index (χ0v) is 30.6. The minimum absolute atomic E-state index is 0.158. The monoisotopic (exact) mass is 698 g/mol. The van der Waals surface area contributed by atoms with E-state index in [4.69, 9.17) is 0 Å². The van der Waals surface area contributed by atoms with Crippen LogP contribution < -0.4 is 10.6 Å². The van der Waals surface area contributed by atoms with Gasteiger partial charge in [0.1, 0.15) is 0 Å². The second-order valence-corrected chi connectivity index (χ2v) is 15.8. The highest BCUT2D eigenvalue weighted by atomic mass is 32.2. The van der Waals surface area contributed by atoms with Gasteiger partial charge >= 0.3 is 0 Å². The molecule has 0 bridgehead atoms. The highest BCUT2D eigenvalue weighted by Gasteiger charge is 2.28. The molecule has 0 amide bonds. The van der Waals surface area contributed by atoms with E-state index in [1.807, 2.05) is 50.2 Å². The minimum atomic E-state index is -4.92. The van der Waals surface area contributed by atoms with Crippen molar-refractivity contribution in [2.24, 2.45) is 0 Å². The van der Waals surface area contributed by atoms with Crippen molar-refractivity contribution in [2.75, 3.05) is 10.6 Å². The standard InChI is InChI=1S/C39H42N2O6S2/c1-22-15-26(5)38(27(6)16-22)40-34-13-9-30(19-24(34)3)37(33-12-11-32(48(42,43)44)21-36(33)49(45,46)47)31-10-14-35(25(4)20-31)41-39-28(7)17-23(2)18-29(39)8/h9-21,37,40-41H,1-8H3,(H,42,43,44)(H,45,46,47). The van der Waals surface area contributed by atoms with Crippen molar-refractivity contribution in [1.82, 2.24) is 0 Å². The van der Waals surface area contributed by atoms with Gasteiger partial charge in [0.05, 0.1) is 9.79 Å². The summed E-state index contributed by atoms with van der Waals surface area (Å²) in [5.41, 5.74) is 13.9. The first kappa shape index (κ1) is 35.8. The van der Waals surface area contributed by atoms with Gasteiger partial charge in [-0.15, -0.1) is 0 Å². The lowest BCUT2D eigenvalue weighted by Crippen LogP contribution is -2.13. The molecule has 0 heterocycles. The van der Waals surface area contributed by atoms with E-state index < -0.39 is 35.9 Å². The average Bonchev–Trinajstić information content (AvgIpc) is 2.97. The van der Waals surface area contributed by atoms with Crippen LogP contribution in [0.25, 0.3) is 0 Å². The Kier molecular flexibility index (Phi) is 9.82. The van der Waals surface area contributed by atoms with Gasteiger partial charge in [-0.3, -0.25) is 9.11 Å². The van der Waals surface area contributed by atoms with Gasteiger partial charge in [0, 0.05) is 28.7 Å². The zero-order chi connectivity index (χ0) is 36.0. The fourth-order valence-corrected chi connectivity index (χ4v) is 8.07. The molecule has 0 saturated carbocycles. The number of nitrogens with one attached hydrogen (secondary N) is 2. The summed E-state index contributed by atoms with van der Waals surface area (Å²) in [7, 11) is -9.67. The van der Waals surface area contributed by atoms with Gasteiger partial charge < -0.3 is 10.6 Å². The molecule has 0 aliphatic carbocycles. The number of aryl methyl sites for hydroxylation is 8. The predicted molar refractivity (Wildman–Crippen MR) is 197 cm³/mol. The molecule has 5 aromatic rings. The third-order valence-electron chi connectivity index (χ3n) is 8.91. The Hall–Kier alpha value is -4.48. The number of hydrogen-bond donors (Lipinski definition) is 4. The zero-order valence-electron chi connectivity index (χ0n) is 28.9. The highest BCUT2D eigenvalue weighted by molar-refractivity contribution is 7.86. The summed E-state index contributed by atoms with van der Waals surface area (Å²) >= 11 is 0. The normalized spacial score (nSPS) is 12.0. The van der Waals surface area contributed by atoms with Gasteiger partial charge in [0.15, 0.2) is 0 Å². The lowest BCUT2D eigenvalue weighted by Gasteiger charge is -2.24. The summed E-state index contributed by atoms with van der Waals surface area (Å²) in [6, 6.07) is 23.3. The summed E-state index contributed by atoms with van der Waals surface area (Å²) in [4.78, 5) is -1.24. The minimum Gasteiger partial charge on any atom is -0.355 e. The fraction of sp³-hybridized carbons (Fsp3) is 0.231. The topological polar surface area (TPSA) is 133 Å². The number of rotatable bonds is 9. The van der Waals surface area contributed by atoms with E-state index >= 15 is 0 Å². The van der Waals surface area contributed by atoms with Crippen molar-refractivity contribution in [1.29, 1.82) is 0 Å². The largest absolute Gasteiger partial charge is 0.355 e. The van der Waals surface area contributed by atoms with Crippen LogP contribution in [0.15, 0.2) is 88.7 Å². The van der Waals surface area contributed by atoms with E-state index in [1.165, 1.54) is 17.2 Å². The maximum atomic E-state index is 12.8. The lowest BCUT2D eigenvalue weighted by molar-refractivity contribution is 0.480. The van der Waals surface area contributed by atoms with Crippen LogP contribution in [0.5, 0.6) is 0 Å². The molecule has 0 aliphatic heterocycles. The molecule has 8 nitrogen and oxygen atoms in total. The molecular weight excluding hydrogens is 657 g/mol. The predicted octanol–water partition coefficient (Wildman–Crippen LogP) is 9.31. The first-order chi connectivity index (χ1) is 22.8. The van der Waals surface area contributed by atoms with E-state index in [9.17, 15) is 25.9 Å². The Morgan fingerprint density at radius 1 is 0.490 bits per heavy atom. The van der Waals surface area contributed by atoms with E-state index in [0.29, 0.717) is 0 Å². The molecule has 5 rings (SSSR count). The molecule has 49 heavy (non-hydrogen) atoms. The van der Waals surface area contributed by atoms with Crippen LogP contribution in [0.4, 0.5) is 22.7 Å². The molecule has 0 atom stereocenters. The fourth-order valence-electron chi connectivity index (χ4n) is 6.73. The molecule has 0 unspecified atom stereocenters. The van der Waals surface area contributed by atoms with Crippen molar-refractivity contribution in [2.45, 2.75) is 71.1 Å². The molecular formula is C39H42N2O6S2. The Morgan fingerprint density at radius 2 is 0.898 bits per heavy atom. The quantitative estimate of drug-likeness (QED) is 0.0885. The highest BCUT2D eigenvalue weighted by Crippen LogP contribution is 2.40. The average molecular weight is 699 g/mol. The van der Waals surface area contributed by atoms with Crippen LogP contribution in [0, 0.1) is 55.4 Å². The van der Waals surface area contributed by atoms with Crippen LogP contribution >= 0.6 is 0 Å². The van der Waals surface area contributed by atoms with Crippen molar-refractivity contribution in [3.8, 4) is 0 Å². The van der Waals surface area contributed by atoms with Crippen molar-refractivity contribution >= 4 is 43.0 Å². The Morgan fingerprint density at radius 3 is 1.24 bits per heavy atom. The van der Waals surface area contributed by atoms with Gasteiger partial charge in [0.2, 0.25) is 0 Å². The number of anilines is 4. The van der Waals surface area contributed by atoms with Crippen LogP contribution in [-0.2, 0) is 20.2 Å². The van der Waals surface area contributed by atoms with Gasteiger partial charge in [0.25, 0.3) is 20.2 Å². The number of benzene rings is 5. The van der Waals surface area contributed by atoms with Gasteiger partial charge in [-0.25, -0.2) is 0 Å². The Balaban J connectivity index is 1.67. The van der Waals surface area contributed by atoms with Gasteiger partial charge in [-0.05, 0) is 130 Å². The Bertz CT molecular complexity index is 2180. The first-order valence-electron chi connectivity index (χ1n) is 15.8. The third-order valence-corrected chi connectivity index (χ3v) is 10.7. The molecule has 5 aromatic carbocycles. The maximum Gasteiger partial charge on any atom is 0.294 e. The number of hydrogen-bond acceptors (Lipinski definition) is 6. The maximum absolute atomic E-state index is 12.8. The molecule has 0 spiro atoms. The molecule has 0 saturated heterocycles. The molecule has 10 heteroatoms. The second kappa shape index (κ2) is 13.4. The van der Waals surface area contributed by atoms with E-state index in [1.54, 1.807) is 0 Å². The molecule has 256 valence electrons. The summed E-state index contributed by atoms with van der Waals surface area (Å²) in [5.74, 6) is -0.737. The lowest BCUT2D eigenvalue weighted by atomic mass is 9.83. The van der Waals surface area contributed by atoms with Crippen LogP contribution in [0.3, 0.4) is 0 Å². The van der Waals surface area contributed by atoms with Crippen molar-refractivity contribution in [3.05, 3.63) is 140 Å². The van der Waals surface area contributed by atoms with Crippen molar-refractivity contribution < 1.29 is 25.9 Å². The third kappa shape index (κ3) is 7.73. The summed E-state index contributed by atoms with van der Waals surface area (Å²) < 4.78 is 69.6. The smallest absolute Gasteiger partial charge is 0.294 e. The summed E-state index contributed by atoms with van der Waals surface area (Å²) in [6.07, 6.45) is 0.